The number of primary amides is 1. The SMILES string of the molecule is COC(CC(=O)CC(N)=O)OC. The number of Topliss-reactive ketones (excluding diaryl/α,β-unsaturated/α-hetero) is 1. The number of carbonyl (C=O) groups is 2. The van der Waals surface area contributed by atoms with Crippen LogP contribution in [0.3, 0.4) is 0 Å². The molecule has 0 aromatic carbocycles. The first-order chi connectivity index (χ1) is 5.60. The Hall–Kier alpha value is -0.940. The molecule has 0 spiro atoms. The fraction of sp³-hybridized carbons (Fsp3) is 0.714. The van der Waals surface area contributed by atoms with Crippen LogP contribution in [0, 0.1) is 0 Å². The first kappa shape index (κ1) is 11.1. The molecule has 0 aromatic rings. The minimum atomic E-state index is -0.633. The Labute approximate surface area is 70.8 Å². The molecule has 1 amide bonds. The van der Waals surface area contributed by atoms with E-state index >= 15 is 0 Å². The molecule has 0 saturated heterocycles. The second-order valence-electron chi connectivity index (χ2n) is 2.29. The van der Waals surface area contributed by atoms with Gasteiger partial charge in [-0.25, -0.2) is 0 Å². The summed E-state index contributed by atoms with van der Waals surface area (Å²) in [5, 5.41) is 0. The average molecular weight is 175 g/mol. The van der Waals surface area contributed by atoms with Crippen LogP contribution in [0.2, 0.25) is 0 Å². The molecule has 0 bridgehead atoms. The van der Waals surface area contributed by atoms with Gasteiger partial charge in [0.25, 0.3) is 0 Å². The number of nitrogens with two attached hydrogens (primary N) is 1. The highest BCUT2D eigenvalue weighted by molar-refractivity contribution is 5.97. The molecule has 70 valence electrons. The lowest BCUT2D eigenvalue weighted by Crippen LogP contribution is -2.22. The van der Waals surface area contributed by atoms with Crippen molar-refractivity contribution >= 4 is 11.7 Å². The van der Waals surface area contributed by atoms with Crippen molar-refractivity contribution < 1.29 is 19.1 Å². The van der Waals surface area contributed by atoms with Gasteiger partial charge in [-0.3, -0.25) is 9.59 Å². The maximum atomic E-state index is 10.9. The summed E-state index contributed by atoms with van der Waals surface area (Å²) in [5.41, 5.74) is 4.81. The standard InChI is InChI=1S/C7H13NO4/c1-11-7(12-2)4-5(9)3-6(8)10/h7H,3-4H2,1-2H3,(H2,8,10). The Bertz CT molecular complexity index is 165. The number of rotatable bonds is 6. The third kappa shape index (κ3) is 4.81. The van der Waals surface area contributed by atoms with E-state index in [0.717, 1.165) is 0 Å². The highest BCUT2D eigenvalue weighted by atomic mass is 16.7. The lowest BCUT2D eigenvalue weighted by atomic mass is 10.2. The number of ketones is 1. The van der Waals surface area contributed by atoms with Gasteiger partial charge in [0, 0.05) is 14.2 Å². The molecule has 0 aromatic heterocycles. The molecule has 12 heavy (non-hydrogen) atoms. The van der Waals surface area contributed by atoms with Crippen LogP contribution < -0.4 is 5.73 Å². The minimum absolute atomic E-state index is 0.0515. The van der Waals surface area contributed by atoms with Crippen molar-refractivity contribution in [1.29, 1.82) is 0 Å². The zero-order valence-corrected chi connectivity index (χ0v) is 7.20. The number of methoxy groups -OCH3 is 2. The fourth-order valence-electron chi connectivity index (χ4n) is 0.715. The maximum absolute atomic E-state index is 10.9. The lowest BCUT2D eigenvalue weighted by molar-refractivity contribution is -0.139. The Morgan fingerprint density at radius 1 is 1.33 bits per heavy atom. The first-order valence-electron chi connectivity index (χ1n) is 3.45. The molecule has 0 aliphatic carbocycles. The number of hydrogen-bond acceptors (Lipinski definition) is 4. The van der Waals surface area contributed by atoms with Crippen LogP contribution in [0.5, 0.6) is 0 Å². The molecule has 0 unspecified atom stereocenters. The van der Waals surface area contributed by atoms with Gasteiger partial charge in [-0.05, 0) is 0 Å². The third-order valence-corrected chi connectivity index (χ3v) is 1.29. The lowest BCUT2D eigenvalue weighted by Gasteiger charge is -2.10. The molecule has 0 fully saturated rings. The third-order valence-electron chi connectivity index (χ3n) is 1.29. The smallest absolute Gasteiger partial charge is 0.224 e. The molecule has 0 saturated carbocycles. The molecular weight excluding hydrogens is 162 g/mol. The van der Waals surface area contributed by atoms with Gasteiger partial charge in [0.1, 0.15) is 5.78 Å². The molecule has 0 heterocycles. The first-order valence-corrected chi connectivity index (χ1v) is 3.45. The number of carbonyl (C=O) groups excluding carboxylic acids is 2. The van der Waals surface area contributed by atoms with Crippen LogP contribution in [-0.2, 0) is 19.1 Å². The zero-order valence-electron chi connectivity index (χ0n) is 7.20. The Balaban J connectivity index is 3.74. The molecule has 5 nitrogen and oxygen atoms in total. The van der Waals surface area contributed by atoms with Crippen LogP contribution in [0.25, 0.3) is 0 Å². The Morgan fingerprint density at radius 2 is 1.83 bits per heavy atom. The summed E-state index contributed by atoms with van der Waals surface area (Å²) in [7, 11) is 2.84. The zero-order chi connectivity index (χ0) is 9.56. The normalized spacial score (nSPS) is 10.2. The van der Waals surface area contributed by atoms with E-state index in [1.165, 1.54) is 14.2 Å². The van der Waals surface area contributed by atoms with Crippen LogP contribution in [0.1, 0.15) is 12.8 Å². The van der Waals surface area contributed by atoms with Gasteiger partial charge in [-0.15, -0.1) is 0 Å². The molecule has 2 N–H and O–H groups in total. The van der Waals surface area contributed by atoms with Gasteiger partial charge in [0.2, 0.25) is 5.91 Å². The van der Waals surface area contributed by atoms with Crippen molar-refractivity contribution in [1.82, 2.24) is 0 Å². The molecule has 0 rings (SSSR count). The largest absolute Gasteiger partial charge is 0.369 e. The van der Waals surface area contributed by atoms with Crippen LogP contribution in [0.15, 0.2) is 0 Å². The molecule has 0 aliphatic rings. The summed E-state index contributed by atoms with van der Waals surface area (Å²) < 4.78 is 9.51. The number of amides is 1. The molecule has 0 aliphatic heterocycles. The summed E-state index contributed by atoms with van der Waals surface area (Å²) in [6.07, 6.45) is -0.795. The van der Waals surface area contributed by atoms with Crippen LogP contribution in [0.4, 0.5) is 0 Å². The van der Waals surface area contributed by atoms with Gasteiger partial charge in [-0.1, -0.05) is 0 Å². The van der Waals surface area contributed by atoms with Crippen molar-refractivity contribution in [3.63, 3.8) is 0 Å². The topological polar surface area (TPSA) is 78.6 Å². The van der Waals surface area contributed by atoms with Gasteiger partial charge in [-0.2, -0.15) is 0 Å². The van der Waals surface area contributed by atoms with Crippen LogP contribution in [-0.4, -0.2) is 32.2 Å². The van der Waals surface area contributed by atoms with Crippen molar-refractivity contribution in [2.75, 3.05) is 14.2 Å². The second kappa shape index (κ2) is 5.68. The summed E-state index contributed by atoms with van der Waals surface area (Å²) in [6, 6.07) is 0. The van der Waals surface area contributed by atoms with E-state index in [4.69, 9.17) is 15.2 Å². The van der Waals surface area contributed by atoms with Gasteiger partial charge >= 0.3 is 0 Å². The summed E-state index contributed by atoms with van der Waals surface area (Å²) in [5.74, 6) is -0.915. The predicted octanol–water partition coefficient (Wildman–Crippen LogP) is -0.560. The second-order valence-corrected chi connectivity index (χ2v) is 2.29. The maximum Gasteiger partial charge on any atom is 0.224 e. The Kier molecular flexibility index (Phi) is 5.23. The van der Waals surface area contributed by atoms with E-state index in [2.05, 4.69) is 0 Å². The van der Waals surface area contributed by atoms with E-state index in [-0.39, 0.29) is 18.6 Å². The van der Waals surface area contributed by atoms with E-state index in [9.17, 15) is 9.59 Å². The highest BCUT2D eigenvalue weighted by Gasteiger charge is 2.13. The summed E-state index contributed by atoms with van der Waals surface area (Å²) in [4.78, 5) is 21.2. The van der Waals surface area contributed by atoms with E-state index in [1.807, 2.05) is 0 Å². The molecular formula is C7H13NO4. The minimum Gasteiger partial charge on any atom is -0.369 e. The summed E-state index contributed by atoms with van der Waals surface area (Å²) >= 11 is 0. The van der Waals surface area contributed by atoms with E-state index in [0.29, 0.717) is 0 Å². The summed E-state index contributed by atoms with van der Waals surface area (Å²) in [6.45, 7) is 0. The monoisotopic (exact) mass is 175 g/mol. The van der Waals surface area contributed by atoms with E-state index < -0.39 is 12.2 Å². The van der Waals surface area contributed by atoms with Crippen molar-refractivity contribution in [3.8, 4) is 0 Å². The van der Waals surface area contributed by atoms with Gasteiger partial charge < -0.3 is 15.2 Å². The number of ether oxygens (including phenoxy) is 2. The highest BCUT2D eigenvalue weighted by Crippen LogP contribution is 2.00. The van der Waals surface area contributed by atoms with Crippen molar-refractivity contribution in [2.24, 2.45) is 5.73 Å². The average Bonchev–Trinajstić information content (AvgIpc) is 1.98. The van der Waals surface area contributed by atoms with Gasteiger partial charge in [0.05, 0.1) is 12.8 Å². The van der Waals surface area contributed by atoms with Gasteiger partial charge in [0.15, 0.2) is 6.29 Å². The number of hydrogen-bond donors (Lipinski definition) is 1. The molecule has 0 atom stereocenters. The van der Waals surface area contributed by atoms with E-state index in [1.54, 1.807) is 0 Å². The fourth-order valence-corrected chi connectivity index (χ4v) is 0.715. The van der Waals surface area contributed by atoms with Crippen LogP contribution >= 0.6 is 0 Å². The molecule has 5 heteroatoms. The van der Waals surface area contributed by atoms with Crippen molar-refractivity contribution in [3.05, 3.63) is 0 Å². The molecule has 0 radical (unpaired) electrons. The quantitative estimate of drug-likeness (QED) is 0.433. The Morgan fingerprint density at radius 3 is 2.17 bits per heavy atom. The van der Waals surface area contributed by atoms with Crippen molar-refractivity contribution in [2.45, 2.75) is 19.1 Å². The predicted molar refractivity (Wildman–Crippen MR) is 41.2 cm³/mol.